The van der Waals surface area contributed by atoms with Crippen molar-refractivity contribution in [1.82, 2.24) is 4.98 Å². The van der Waals surface area contributed by atoms with Crippen LogP contribution < -0.4 is 5.32 Å². The Morgan fingerprint density at radius 1 is 0.895 bits per heavy atom. The number of hydrogen-bond acceptors (Lipinski definition) is 2. The van der Waals surface area contributed by atoms with E-state index in [1.54, 1.807) is 6.07 Å². The number of anilines is 1. The number of nitrogens with one attached hydrogen (secondary N) is 1. The van der Waals surface area contributed by atoms with Crippen LogP contribution in [0.2, 0.25) is 5.15 Å². The Balaban J connectivity index is 1.86. The summed E-state index contributed by atoms with van der Waals surface area (Å²) in [5.41, 5.74) is 1.25. The Labute approximate surface area is 117 Å². The topological polar surface area (TPSA) is 24.9 Å². The summed E-state index contributed by atoms with van der Waals surface area (Å²) in [7, 11) is 0. The predicted molar refractivity (Wildman–Crippen MR) is 80.5 cm³/mol. The van der Waals surface area contributed by atoms with Crippen molar-refractivity contribution in [1.29, 1.82) is 0 Å². The Bertz CT molecular complexity index is 704. The molecule has 0 fully saturated rings. The summed E-state index contributed by atoms with van der Waals surface area (Å²) in [5, 5.41) is 6.32. The summed E-state index contributed by atoms with van der Waals surface area (Å²) in [6.07, 6.45) is 0. The second-order valence-electron chi connectivity index (χ2n) is 4.34. The number of pyridine rings is 1. The van der Waals surface area contributed by atoms with Crippen molar-refractivity contribution < 1.29 is 0 Å². The smallest absolute Gasteiger partial charge is 0.131 e. The molecule has 3 rings (SSSR count). The maximum absolute atomic E-state index is 5.87. The minimum atomic E-state index is 0.503. The van der Waals surface area contributed by atoms with Crippen LogP contribution in [0.3, 0.4) is 0 Å². The van der Waals surface area contributed by atoms with E-state index in [2.05, 4.69) is 52.8 Å². The molecule has 1 aromatic heterocycles. The molecule has 0 amide bonds. The van der Waals surface area contributed by atoms with Crippen molar-refractivity contribution >= 4 is 28.2 Å². The van der Waals surface area contributed by atoms with E-state index < -0.39 is 0 Å². The first-order valence-electron chi connectivity index (χ1n) is 6.16. The third kappa shape index (κ3) is 2.69. The third-order valence-electron chi connectivity index (χ3n) is 3.06. The molecule has 0 atom stereocenters. The Morgan fingerprint density at radius 3 is 2.58 bits per heavy atom. The molecular formula is C16H13ClN2. The normalized spacial score (nSPS) is 10.6. The number of halogens is 1. The molecule has 0 aliphatic rings. The van der Waals surface area contributed by atoms with E-state index in [0.717, 1.165) is 12.4 Å². The van der Waals surface area contributed by atoms with Crippen molar-refractivity contribution in [2.24, 2.45) is 0 Å². The van der Waals surface area contributed by atoms with E-state index in [1.807, 2.05) is 12.1 Å². The molecule has 0 unspecified atom stereocenters. The lowest BCUT2D eigenvalue weighted by atomic mass is 10.0. The molecule has 19 heavy (non-hydrogen) atoms. The first-order valence-corrected chi connectivity index (χ1v) is 6.54. The average molecular weight is 269 g/mol. The monoisotopic (exact) mass is 268 g/mol. The fraction of sp³-hybridized carbons (Fsp3) is 0.0625. The molecule has 1 heterocycles. The molecule has 0 bridgehead atoms. The summed E-state index contributed by atoms with van der Waals surface area (Å²) >= 11 is 5.87. The van der Waals surface area contributed by atoms with Crippen LogP contribution in [-0.4, -0.2) is 4.98 Å². The number of fused-ring (bicyclic) bond motifs is 1. The molecule has 3 heteroatoms. The molecule has 2 nitrogen and oxygen atoms in total. The van der Waals surface area contributed by atoms with Gasteiger partial charge >= 0.3 is 0 Å². The van der Waals surface area contributed by atoms with Crippen LogP contribution in [0, 0.1) is 0 Å². The molecule has 0 aliphatic carbocycles. The van der Waals surface area contributed by atoms with Gasteiger partial charge in [-0.05, 0) is 28.5 Å². The third-order valence-corrected chi connectivity index (χ3v) is 3.27. The van der Waals surface area contributed by atoms with Gasteiger partial charge in [0.2, 0.25) is 0 Å². The minimum absolute atomic E-state index is 0.503. The highest BCUT2D eigenvalue weighted by atomic mass is 35.5. The Morgan fingerprint density at radius 2 is 1.68 bits per heavy atom. The minimum Gasteiger partial charge on any atom is -0.366 e. The van der Waals surface area contributed by atoms with Gasteiger partial charge < -0.3 is 5.32 Å². The van der Waals surface area contributed by atoms with E-state index >= 15 is 0 Å². The summed E-state index contributed by atoms with van der Waals surface area (Å²) < 4.78 is 0. The zero-order valence-electron chi connectivity index (χ0n) is 10.3. The van der Waals surface area contributed by atoms with Crippen LogP contribution in [0.15, 0.2) is 60.7 Å². The first kappa shape index (κ1) is 12.0. The summed E-state index contributed by atoms with van der Waals surface area (Å²) in [6, 6.07) is 20.3. The summed E-state index contributed by atoms with van der Waals surface area (Å²) in [4.78, 5) is 4.22. The van der Waals surface area contributed by atoms with Crippen molar-refractivity contribution in [2.75, 3.05) is 5.32 Å². The Kier molecular flexibility index (Phi) is 3.34. The largest absolute Gasteiger partial charge is 0.366 e. The predicted octanol–water partition coefficient (Wildman–Crippen LogP) is 4.50. The molecule has 94 valence electrons. The van der Waals surface area contributed by atoms with E-state index in [4.69, 9.17) is 11.6 Å². The zero-order valence-corrected chi connectivity index (χ0v) is 11.1. The van der Waals surface area contributed by atoms with Gasteiger partial charge in [-0.3, -0.25) is 0 Å². The van der Waals surface area contributed by atoms with Crippen LogP contribution in [-0.2, 0) is 6.54 Å². The zero-order chi connectivity index (χ0) is 13.1. The number of aromatic nitrogens is 1. The molecule has 1 N–H and O–H groups in total. The molecule has 2 aromatic carbocycles. The first-order chi connectivity index (χ1) is 9.33. The van der Waals surface area contributed by atoms with Crippen molar-refractivity contribution in [3.05, 3.63) is 71.4 Å². The lowest BCUT2D eigenvalue weighted by Gasteiger charge is -2.09. The van der Waals surface area contributed by atoms with E-state index in [0.29, 0.717) is 5.15 Å². The van der Waals surface area contributed by atoms with Gasteiger partial charge in [0.15, 0.2) is 0 Å². The molecule has 0 aliphatic heterocycles. The van der Waals surface area contributed by atoms with Gasteiger partial charge in [-0.25, -0.2) is 4.98 Å². The van der Waals surface area contributed by atoms with Crippen molar-refractivity contribution in [3.63, 3.8) is 0 Å². The van der Waals surface area contributed by atoms with Crippen LogP contribution in [0.5, 0.6) is 0 Å². The SMILES string of the molecule is Clc1cccc(NCc2cccc3ccccc23)n1. The molecule has 0 saturated carbocycles. The van der Waals surface area contributed by atoms with Crippen LogP contribution in [0.25, 0.3) is 10.8 Å². The maximum Gasteiger partial charge on any atom is 0.131 e. The number of benzene rings is 2. The highest BCUT2D eigenvalue weighted by molar-refractivity contribution is 6.29. The lowest BCUT2D eigenvalue weighted by Crippen LogP contribution is -2.01. The molecule has 0 radical (unpaired) electrons. The van der Waals surface area contributed by atoms with Crippen LogP contribution in [0.4, 0.5) is 5.82 Å². The van der Waals surface area contributed by atoms with Crippen molar-refractivity contribution in [2.45, 2.75) is 6.54 Å². The van der Waals surface area contributed by atoms with Gasteiger partial charge in [-0.1, -0.05) is 60.1 Å². The molecular weight excluding hydrogens is 256 g/mol. The second kappa shape index (κ2) is 5.29. The van der Waals surface area contributed by atoms with Crippen LogP contribution in [0.1, 0.15) is 5.56 Å². The van der Waals surface area contributed by atoms with Gasteiger partial charge in [0.25, 0.3) is 0 Å². The number of rotatable bonds is 3. The molecule has 0 spiro atoms. The van der Waals surface area contributed by atoms with Gasteiger partial charge in [-0.15, -0.1) is 0 Å². The molecule has 3 aromatic rings. The van der Waals surface area contributed by atoms with Gasteiger partial charge in [0, 0.05) is 6.54 Å². The van der Waals surface area contributed by atoms with Gasteiger partial charge in [0.1, 0.15) is 11.0 Å². The maximum atomic E-state index is 5.87. The average Bonchev–Trinajstić information content (AvgIpc) is 2.45. The van der Waals surface area contributed by atoms with Gasteiger partial charge in [-0.2, -0.15) is 0 Å². The fourth-order valence-corrected chi connectivity index (χ4v) is 2.30. The fourth-order valence-electron chi connectivity index (χ4n) is 2.14. The summed E-state index contributed by atoms with van der Waals surface area (Å²) in [6.45, 7) is 0.731. The van der Waals surface area contributed by atoms with E-state index in [-0.39, 0.29) is 0 Å². The highest BCUT2D eigenvalue weighted by Crippen LogP contribution is 2.19. The van der Waals surface area contributed by atoms with Crippen molar-refractivity contribution in [3.8, 4) is 0 Å². The van der Waals surface area contributed by atoms with E-state index in [9.17, 15) is 0 Å². The number of hydrogen-bond donors (Lipinski definition) is 1. The quantitative estimate of drug-likeness (QED) is 0.708. The lowest BCUT2D eigenvalue weighted by molar-refractivity contribution is 1.12. The Hall–Kier alpha value is -2.06. The standard InChI is InChI=1S/C16H13ClN2/c17-15-9-4-10-16(19-15)18-11-13-7-3-6-12-5-1-2-8-14(12)13/h1-10H,11H2,(H,18,19). The van der Waals surface area contributed by atoms with Crippen LogP contribution >= 0.6 is 11.6 Å². The number of nitrogens with zero attached hydrogens (tertiary/aromatic N) is 1. The van der Waals surface area contributed by atoms with Gasteiger partial charge in [0.05, 0.1) is 0 Å². The second-order valence-corrected chi connectivity index (χ2v) is 4.72. The summed E-state index contributed by atoms with van der Waals surface area (Å²) in [5.74, 6) is 0.792. The van der Waals surface area contributed by atoms with E-state index in [1.165, 1.54) is 16.3 Å². The highest BCUT2D eigenvalue weighted by Gasteiger charge is 2.01. The molecule has 0 saturated heterocycles.